The fourth-order valence-corrected chi connectivity index (χ4v) is 4.89. The van der Waals surface area contributed by atoms with Crippen LogP contribution in [0.3, 0.4) is 0 Å². The number of hydrogen-bond acceptors (Lipinski definition) is 4. The van der Waals surface area contributed by atoms with E-state index in [-0.39, 0.29) is 23.1 Å². The van der Waals surface area contributed by atoms with Crippen molar-refractivity contribution in [3.8, 4) is 0 Å². The van der Waals surface area contributed by atoms with E-state index in [1.165, 1.54) is 9.75 Å². The second kappa shape index (κ2) is 8.57. The molecule has 3 rings (SSSR count). The highest BCUT2D eigenvalue weighted by Gasteiger charge is 2.34. The Balaban J connectivity index is 1.64. The van der Waals surface area contributed by atoms with Crippen molar-refractivity contribution in [2.24, 2.45) is 11.3 Å². The largest absolute Gasteiger partial charge is 0.342 e. The third-order valence-electron chi connectivity index (χ3n) is 4.94. The fraction of sp³-hybridized carbons (Fsp3) is 0.524. The summed E-state index contributed by atoms with van der Waals surface area (Å²) < 4.78 is 0. The van der Waals surface area contributed by atoms with Gasteiger partial charge in [0.05, 0.1) is 13.1 Å². The van der Waals surface area contributed by atoms with Gasteiger partial charge in [-0.15, -0.1) is 22.7 Å². The van der Waals surface area contributed by atoms with E-state index in [0.717, 1.165) is 12.8 Å². The number of nitrogens with zero attached hydrogens (tertiary/aromatic N) is 2. The molecule has 0 N–H and O–H groups in total. The topological polar surface area (TPSA) is 40.6 Å². The van der Waals surface area contributed by atoms with Crippen molar-refractivity contribution < 1.29 is 9.59 Å². The Morgan fingerprint density at radius 2 is 1.56 bits per heavy atom. The lowest BCUT2D eigenvalue weighted by atomic mass is 9.90. The molecule has 0 atom stereocenters. The Kier molecular flexibility index (Phi) is 6.37. The summed E-state index contributed by atoms with van der Waals surface area (Å²) in [5.74, 6) is 0.413. The molecular weight excluding hydrogens is 376 g/mol. The van der Waals surface area contributed by atoms with Crippen molar-refractivity contribution in [1.29, 1.82) is 0 Å². The molecule has 4 nitrogen and oxygen atoms in total. The normalized spacial score (nSPS) is 15.7. The number of carbonyl (C=O) groups excluding carboxylic acids is 2. The van der Waals surface area contributed by atoms with E-state index in [2.05, 4.69) is 22.9 Å². The van der Waals surface area contributed by atoms with Crippen molar-refractivity contribution in [1.82, 2.24) is 9.80 Å². The molecule has 0 radical (unpaired) electrons. The summed E-state index contributed by atoms with van der Waals surface area (Å²) in [6.07, 6.45) is 1.51. The first kappa shape index (κ1) is 20.1. The summed E-state index contributed by atoms with van der Waals surface area (Å²) in [6.45, 7) is 8.55. The van der Waals surface area contributed by atoms with E-state index in [1.807, 2.05) is 42.7 Å². The van der Waals surface area contributed by atoms with Crippen LogP contribution in [-0.2, 0) is 22.7 Å². The zero-order valence-corrected chi connectivity index (χ0v) is 17.9. The smallest absolute Gasteiger partial charge is 0.227 e. The molecule has 2 aromatic rings. The average Bonchev–Trinajstić information content (AvgIpc) is 3.33. The van der Waals surface area contributed by atoms with Gasteiger partial charge in [-0.25, -0.2) is 0 Å². The lowest BCUT2D eigenvalue weighted by Gasteiger charge is -2.36. The van der Waals surface area contributed by atoms with E-state index >= 15 is 0 Å². The lowest BCUT2D eigenvalue weighted by molar-refractivity contribution is -0.145. The maximum atomic E-state index is 13.3. The highest BCUT2D eigenvalue weighted by molar-refractivity contribution is 7.10. The summed E-state index contributed by atoms with van der Waals surface area (Å²) in [5.41, 5.74) is -0.360. The monoisotopic (exact) mass is 404 g/mol. The van der Waals surface area contributed by atoms with Gasteiger partial charge in [0.15, 0.2) is 0 Å². The van der Waals surface area contributed by atoms with Crippen LogP contribution in [0.2, 0.25) is 0 Å². The van der Waals surface area contributed by atoms with E-state index in [0.29, 0.717) is 26.2 Å². The number of rotatable bonds is 5. The highest BCUT2D eigenvalue weighted by Crippen LogP contribution is 2.27. The summed E-state index contributed by atoms with van der Waals surface area (Å²) in [4.78, 5) is 32.1. The van der Waals surface area contributed by atoms with Gasteiger partial charge in [-0.05, 0) is 35.7 Å². The molecule has 0 spiro atoms. The van der Waals surface area contributed by atoms with Crippen LogP contribution in [0.25, 0.3) is 0 Å². The molecule has 1 saturated heterocycles. The third kappa shape index (κ3) is 5.20. The molecule has 2 aromatic heterocycles. The van der Waals surface area contributed by atoms with E-state index < -0.39 is 0 Å². The van der Waals surface area contributed by atoms with E-state index in [4.69, 9.17) is 0 Å². The molecular formula is C21H28N2O2S2. The molecule has 1 fully saturated rings. The number of piperidine rings is 1. The zero-order chi connectivity index (χ0) is 19.4. The number of likely N-dealkylation sites (tertiary alicyclic amines) is 1. The molecule has 0 unspecified atom stereocenters. The predicted molar refractivity (Wildman–Crippen MR) is 112 cm³/mol. The minimum Gasteiger partial charge on any atom is -0.342 e. The van der Waals surface area contributed by atoms with Crippen LogP contribution in [0.15, 0.2) is 35.0 Å². The van der Waals surface area contributed by atoms with Gasteiger partial charge in [0.25, 0.3) is 0 Å². The van der Waals surface area contributed by atoms with Crippen LogP contribution in [0, 0.1) is 11.3 Å². The number of carbonyl (C=O) groups is 2. The fourth-order valence-electron chi connectivity index (χ4n) is 3.46. The Labute approximate surface area is 169 Å². The first-order valence-corrected chi connectivity index (χ1v) is 11.2. The van der Waals surface area contributed by atoms with Crippen molar-refractivity contribution in [2.75, 3.05) is 13.1 Å². The third-order valence-corrected chi connectivity index (χ3v) is 6.66. The average molecular weight is 405 g/mol. The molecule has 1 aliphatic heterocycles. The maximum Gasteiger partial charge on any atom is 0.227 e. The molecule has 3 heterocycles. The molecule has 6 heteroatoms. The van der Waals surface area contributed by atoms with Crippen LogP contribution >= 0.6 is 22.7 Å². The number of amides is 2. The Morgan fingerprint density at radius 1 is 1.04 bits per heavy atom. The van der Waals surface area contributed by atoms with Gasteiger partial charge in [-0.1, -0.05) is 32.9 Å². The van der Waals surface area contributed by atoms with Crippen LogP contribution in [0.5, 0.6) is 0 Å². The van der Waals surface area contributed by atoms with Crippen molar-refractivity contribution >= 4 is 34.5 Å². The number of hydrogen-bond donors (Lipinski definition) is 0. The molecule has 2 amide bonds. The summed E-state index contributed by atoms with van der Waals surface area (Å²) in [6, 6.07) is 8.24. The van der Waals surface area contributed by atoms with Gasteiger partial charge in [0.2, 0.25) is 11.8 Å². The summed E-state index contributed by atoms with van der Waals surface area (Å²) >= 11 is 3.38. The minimum absolute atomic E-state index is 0.00828. The Hall–Kier alpha value is -1.66. The van der Waals surface area contributed by atoms with Crippen molar-refractivity contribution in [3.05, 3.63) is 44.8 Å². The van der Waals surface area contributed by atoms with Crippen LogP contribution in [0.4, 0.5) is 0 Å². The second-order valence-electron chi connectivity index (χ2n) is 8.17. The van der Waals surface area contributed by atoms with E-state index in [9.17, 15) is 9.59 Å². The van der Waals surface area contributed by atoms with Crippen LogP contribution < -0.4 is 0 Å². The van der Waals surface area contributed by atoms with Gasteiger partial charge < -0.3 is 9.80 Å². The summed E-state index contributed by atoms with van der Waals surface area (Å²) in [7, 11) is 0. The quantitative estimate of drug-likeness (QED) is 0.729. The van der Waals surface area contributed by atoms with Gasteiger partial charge >= 0.3 is 0 Å². The van der Waals surface area contributed by atoms with Gasteiger partial charge in [-0.2, -0.15) is 0 Å². The first-order chi connectivity index (χ1) is 12.8. The van der Waals surface area contributed by atoms with Gasteiger partial charge in [-0.3, -0.25) is 9.59 Å². The summed E-state index contributed by atoms with van der Waals surface area (Å²) in [5, 5.41) is 4.11. The Morgan fingerprint density at radius 3 is 1.96 bits per heavy atom. The van der Waals surface area contributed by atoms with Crippen molar-refractivity contribution in [3.63, 3.8) is 0 Å². The Bertz CT molecular complexity index is 703. The predicted octanol–water partition coefficient (Wildman–Crippen LogP) is 4.62. The lowest BCUT2D eigenvalue weighted by Crippen LogP contribution is -2.47. The molecule has 1 aliphatic rings. The standard InChI is InChI=1S/C21H28N2O2S2/c1-21(2,3)20(25)22-10-8-16(9-11-22)19(24)23(14-17-6-4-12-26-17)15-18-7-5-13-27-18/h4-7,12-13,16H,8-11,14-15H2,1-3H3. The maximum absolute atomic E-state index is 13.3. The molecule has 0 aliphatic carbocycles. The first-order valence-electron chi connectivity index (χ1n) is 9.47. The molecule has 0 bridgehead atoms. The van der Waals surface area contributed by atoms with Gasteiger partial charge in [0.1, 0.15) is 0 Å². The van der Waals surface area contributed by atoms with Crippen LogP contribution in [-0.4, -0.2) is 34.7 Å². The zero-order valence-electron chi connectivity index (χ0n) is 16.3. The highest BCUT2D eigenvalue weighted by atomic mass is 32.1. The van der Waals surface area contributed by atoms with Crippen LogP contribution in [0.1, 0.15) is 43.4 Å². The number of thiophene rings is 2. The van der Waals surface area contributed by atoms with Gasteiger partial charge in [0, 0.05) is 34.2 Å². The van der Waals surface area contributed by atoms with Crippen molar-refractivity contribution in [2.45, 2.75) is 46.7 Å². The molecule has 0 aromatic carbocycles. The minimum atomic E-state index is -0.360. The second-order valence-corrected chi connectivity index (χ2v) is 10.2. The molecule has 146 valence electrons. The molecule has 0 saturated carbocycles. The SMILES string of the molecule is CC(C)(C)C(=O)N1CCC(C(=O)N(Cc2cccs2)Cc2cccs2)CC1. The van der Waals surface area contributed by atoms with E-state index in [1.54, 1.807) is 22.7 Å². The molecule has 27 heavy (non-hydrogen) atoms.